The van der Waals surface area contributed by atoms with Gasteiger partial charge in [-0.3, -0.25) is 4.79 Å². The fourth-order valence-electron chi connectivity index (χ4n) is 1.43. The van der Waals surface area contributed by atoms with E-state index in [9.17, 15) is 9.59 Å². The normalized spacial score (nSPS) is 11.7. The van der Waals surface area contributed by atoms with Gasteiger partial charge in [-0.25, -0.2) is 4.79 Å². The molecule has 0 aliphatic heterocycles. The van der Waals surface area contributed by atoms with Gasteiger partial charge in [0, 0.05) is 5.56 Å². The second-order valence-corrected chi connectivity index (χ2v) is 4.22. The van der Waals surface area contributed by atoms with Gasteiger partial charge < -0.3 is 10.4 Å². The number of carboxylic acids is 1. The Hall–Kier alpha value is -2.35. The molecule has 2 N–H and O–H groups in total. The summed E-state index contributed by atoms with van der Waals surface area (Å²) in [4.78, 5) is 22.8. The van der Waals surface area contributed by atoms with Crippen LogP contribution in [0.4, 0.5) is 0 Å². The largest absolute Gasteiger partial charge is 0.480 e. The van der Waals surface area contributed by atoms with Crippen molar-refractivity contribution >= 4 is 11.9 Å². The zero-order valence-electron chi connectivity index (χ0n) is 10.2. The predicted molar refractivity (Wildman–Crippen MR) is 64.9 cm³/mol. The Morgan fingerprint density at radius 2 is 1.83 bits per heavy atom. The molecule has 0 saturated carbocycles. The summed E-state index contributed by atoms with van der Waals surface area (Å²) in [6.07, 6.45) is 0. The maximum absolute atomic E-state index is 11.8. The number of amides is 1. The summed E-state index contributed by atoms with van der Waals surface area (Å²) in [6, 6.07) is 7.04. The summed E-state index contributed by atoms with van der Waals surface area (Å²) < 4.78 is 0. The van der Waals surface area contributed by atoms with Crippen molar-refractivity contribution in [2.45, 2.75) is 19.9 Å². The van der Waals surface area contributed by atoms with E-state index in [0.717, 1.165) is 0 Å². The number of carbonyl (C=O) groups excluding carboxylic acids is 1. The van der Waals surface area contributed by atoms with E-state index < -0.39 is 17.9 Å². The number of nitriles is 1. The Morgan fingerprint density at radius 3 is 2.22 bits per heavy atom. The number of benzene rings is 1. The van der Waals surface area contributed by atoms with E-state index in [-0.39, 0.29) is 5.92 Å². The molecule has 1 amide bonds. The zero-order valence-corrected chi connectivity index (χ0v) is 10.2. The molecule has 1 aromatic carbocycles. The van der Waals surface area contributed by atoms with Crippen LogP contribution in [0.2, 0.25) is 0 Å². The summed E-state index contributed by atoms with van der Waals surface area (Å²) >= 11 is 0. The number of carbonyl (C=O) groups is 2. The molecule has 18 heavy (non-hydrogen) atoms. The second-order valence-electron chi connectivity index (χ2n) is 4.22. The van der Waals surface area contributed by atoms with Crippen molar-refractivity contribution in [3.63, 3.8) is 0 Å². The van der Waals surface area contributed by atoms with Gasteiger partial charge in [0.2, 0.25) is 0 Å². The third-order valence-electron chi connectivity index (χ3n) is 2.50. The van der Waals surface area contributed by atoms with E-state index in [1.54, 1.807) is 13.8 Å². The number of rotatable bonds is 4. The standard InChI is InChI=1S/C13H14N2O3/c1-8(2)11(13(17)18)15-12(16)10-5-3-9(7-14)4-6-10/h3-6,8,11H,1-2H3,(H,15,16)(H,17,18)/t11-/m0/s1. The van der Waals surface area contributed by atoms with Crippen molar-refractivity contribution in [3.05, 3.63) is 35.4 Å². The maximum atomic E-state index is 11.8. The number of hydrogen-bond donors (Lipinski definition) is 2. The molecule has 0 saturated heterocycles. The van der Waals surface area contributed by atoms with Crippen LogP contribution in [0.1, 0.15) is 29.8 Å². The van der Waals surface area contributed by atoms with Crippen molar-refractivity contribution in [1.29, 1.82) is 5.26 Å². The van der Waals surface area contributed by atoms with Crippen LogP contribution in [-0.2, 0) is 4.79 Å². The molecule has 0 unspecified atom stereocenters. The van der Waals surface area contributed by atoms with Crippen LogP contribution < -0.4 is 5.32 Å². The van der Waals surface area contributed by atoms with Crippen LogP contribution in [0.5, 0.6) is 0 Å². The molecule has 5 heteroatoms. The molecule has 0 radical (unpaired) electrons. The topological polar surface area (TPSA) is 90.2 Å². The molecule has 94 valence electrons. The molecule has 0 aliphatic carbocycles. The third kappa shape index (κ3) is 3.32. The van der Waals surface area contributed by atoms with Gasteiger partial charge in [-0.05, 0) is 30.2 Å². The molecule has 0 bridgehead atoms. The molecule has 0 aliphatic rings. The molecule has 5 nitrogen and oxygen atoms in total. The lowest BCUT2D eigenvalue weighted by Crippen LogP contribution is -2.44. The van der Waals surface area contributed by atoms with Gasteiger partial charge in [0.25, 0.3) is 5.91 Å². The first-order valence-electron chi connectivity index (χ1n) is 5.49. The van der Waals surface area contributed by atoms with Gasteiger partial charge in [-0.15, -0.1) is 0 Å². The molecular weight excluding hydrogens is 232 g/mol. The quantitative estimate of drug-likeness (QED) is 0.840. The highest BCUT2D eigenvalue weighted by atomic mass is 16.4. The van der Waals surface area contributed by atoms with Gasteiger partial charge in [0.15, 0.2) is 0 Å². The highest BCUT2D eigenvalue weighted by Gasteiger charge is 2.23. The molecule has 1 aromatic rings. The first-order valence-corrected chi connectivity index (χ1v) is 5.49. The van der Waals surface area contributed by atoms with Crippen LogP contribution in [-0.4, -0.2) is 23.0 Å². The maximum Gasteiger partial charge on any atom is 0.326 e. The Kier molecular flexibility index (Phi) is 4.44. The monoisotopic (exact) mass is 246 g/mol. The molecular formula is C13H14N2O3. The minimum Gasteiger partial charge on any atom is -0.480 e. The van der Waals surface area contributed by atoms with Gasteiger partial charge in [-0.1, -0.05) is 13.8 Å². The lowest BCUT2D eigenvalue weighted by molar-refractivity contribution is -0.140. The van der Waals surface area contributed by atoms with Crippen molar-refractivity contribution in [2.24, 2.45) is 5.92 Å². The fraction of sp³-hybridized carbons (Fsp3) is 0.308. The van der Waals surface area contributed by atoms with E-state index in [0.29, 0.717) is 11.1 Å². The summed E-state index contributed by atoms with van der Waals surface area (Å²) in [5, 5.41) is 20.0. The lowest BCUT2D eigenvalue weighted by atomic mass is 10.0. The highest BCUT2D eigenvalue weighted by Crippen LogP contribution is 2.06. The van der Waals surface area contributed by atoms with Crippen molar-refractivity contribution in [2.75, 3.05) is 0 Å². The first kappa shape index (κ1) is 13.7. The van der Waals surface area contributed by atoms with Crippen molar-refractivity contribution in [1.82, 2.24) is 5.32 Å². The van der Waals surface area contributed by atoms with Crippen LogP contribution >= 0.6 is 0 Å². The van der Waals surface area contributed by atoms with Crippen LogP contribution in [0.15, 0.2) is 24.3 Å². The van der Waals surface area contributed by atoms with Crippen LogP contribution in [0.3, 0.4) is 0 Å². The fourth-order valence-corrected chi connectivity index (χ4v) is 1.43. The Balaban J connectivity index is 2.81. The molecule has 0 fully saturated rings. The van der Waals surface area contributed by atoms with Gasteiger partial charge >= 0.3 is 5.97 Å². The molecule has 0 heterocycles. The second kappa shape index (κ2) is 5.82. The van der Waals surface area contributed by atoms with E-state index in [2.05, 4.69) is 5.32 Å². The minimum atomic E-state index is -1.06. The van der Waals surface area contributed by atoms with Gasteiger partial charge in [-0.2, -0.15) is 5.26 Å². The summed E-state index contributed by atoms with van der Waals surface area (Å²) in [6.45, 7) is 3.44. The van der Waals surface area contributed by atoms with Crippen LogP contribution in [0.25, 0.3) is 0 Å². The molecule has 1 atom stereocenters. The number of nitrogens with one attached hydrogen (secondary N) is 1. The summed E-state index contributed by atoms with van der Waals surface area (Å²) in [5.74, 6) is -1.72. The average Bonchev–Trinajstić information content (AvgIpc) is 2.35. The zero-order chi connectivity index (χ0) is 13.7. The highest BCUT2D eigenvalue weighted by molar-refractivity contribution is 5.96. The Morgan fingerprint density at radius 1 is 1.28 bits per heavy atom. The smallest absolute Gasteiger partial charge is 0.326 e. The Labute approximate surface area is 105 Å². The van der Waals surface area contributed by atoms with E-state index in [1.165, 1.54) is 24.3 Å². The van der Waals surface area contributed by atoms with Gasteiger partial charge in [0.05, 0.1) is 11.6 Å². The third-order valence-corrected chi connectivity index (χ3v) is 2.50. The SMILES string of the molecule is CC(C)[C@H](NC(=O)c1ccc(C#N)cc1)C(=O)O. The number of nitrogens with zero attached hydrogens (tertiary/aromatic N) is 1. The van der Waals surface area contributed by atoms with E-state index in [4.69, 9.17) is 10.4 Å². The lowest BCUT2D eigenvalue weighted by Gasteiger charge is -2.17. The van der Waals surface area contributed by atoms with E-state index >= 15 is 0 Å². The summed E-state index contributed by atoms with van der Waals surface area (Å²) in [5.41, 5.74) is 0.783. The molecule has 0 aromatic heterocycles. The Bertz CT molecular complexity index is 486. The number of carboxylic acid groups (broad SMARTS) is 1. The average molecular weight is 246 g/mol. The van der Waals surface area contributed by atoms with Crippen molar-refractivity contribution < 1.29 is 14.7 Å². The number of aliphatic carboxylic acids is 1. The molecule has 1 rings (SSSR count). The van der Waals surface area contributed by atoms with Crippen molar-refractivity contribution in [3.8, 4) is 6.07 Å². The predicted octanol–water partition coefficient (Wildman–Crippen LogP) is 1.40. The van der Waals surface area contributed by atoms with Gasteiger partial charge in [0.1, 0.15) is 6.04 Å². The number of hydrogen-bond acceptors (Lipinski definition) is 3. The minimum absolute atomic E-state index is 0.204. The first-order chi connectivity index (χ1) is 8.45. The molecule has 0 spiro atoms. The van der Waals surface area contributed by atoms with Crippen LogP contribution in [0, 0.1) is 17.2 Å². The summed E-state index contributed by atoms with van der Waals surface area (Å²) in [7, 11) is 0. The van der Waals surface area contributed by atoms with E-state index in [1.807, 2.05) is 6.07 Å².